The Kier molecular flexibility index (Phi) is 4.77. The minimum absolute atomic E-state index is 0.286. The summed E-state index contributed by atoms with van der Waals surface area (Å²) >= 11 is 0. The van der Waals surface area contributed by atoms with Crippen molar-refractivity contribution in [3.8, 4) is 16.9 Å². The summed E-state index contributed by atoms with van der Waals surface area (Å²) in [4.78, 5) is 0. The van der Waals surface area contributed by atoms with E-state index in [9.17, 15) is 8.78 Å². The smallest absolute Gasteiger partial charge is 0.168 e. The van der Waals surface area contributed by atoms with Crippen molar-refractivity contribution in [2.45, 2.75) is 19.8 Å². The molecule has 0 bridgehead atoms. The van der Waals surface area contributed by atoms with E-state index >= 15 is 0 Å². The van der Waals surface area contributed by atoms with E-state index in [1.165, 1.54) is 25.3 Å². The molecule has 0 atom stereocenters. The Morgan fingerprint density at radius 1 is 1.00 bits per heavy atom. The number of rotatable bonds is 5. The highest BCUT2D eigenvalue weighted by atomic mass is 19.1. The SMILES string of the molecule is COc1cccc(F)c1CCc1ccc(-c2cc(F)ccc2C)c2nncn12. The number of hydrogen-bond donors (Lipinski definition) is 0. The average Bonchev–Trinajstić information content (AvgIpc) is 3.19. The van der Waals surface area contributed by atoms with Gasteiger partial charge in [0.2, 0.25) is 0 Å². The summed E-state index contributed by atoms with van der Waals surface area (Å²) in [5.74, 6) is -0.0487. The topological polar surface area (TPSA) is 39.4 Å². The van der Waals surface area contributed by atoms with Crippen LogP contribution in [0, 0.1) is 18.6 Å². The minimum Gasteiger partial charge on any atom is -0.496 e. The zero-order valence-electron chi connectivity index (χ0n) is 15.6. The van der Waals surface area contributed by atoms with E-state index in [-0.39, 0.29) is 11.6 Å². The second-order valence-corrected chi connectivity index (χ2v) is 6.64. The number of benzene rings is 2. The third kappa shape index (κ3) is 3.22. The second-order valence-electron chi connectivity index (χ2n) is 6.64. The molecule has 6 heteroatoms. The van der Waals surface area contributed by atoms with Gasteiger partial charge in [0.25, 0.3) is 0 Å². The number of nitrogens with zero attached hydrogens (tertiary/aromatic N) is 3. The van der Waals surface area contributed by atoms with Crippen molar-refractivity contribution >= 4 is 5.65 Å². The zero-order chi connectivity index (χ0) is 19.7. The highest BCUT2D eigenvalue weighted by molar-refractivity contribution is 5.79. The first-order valence-electron chi connectivity index (χ1n) is 8.98. The Labute approximate surface area is 161 Å². The van der Waals surface area contributed by atoms with Gasteiger partial charge in [0.05, 0.1) is 7.11 Å². The summed E-state index contributed by atoms with van der Waals surface area (Å²) in [6.45, 7) is 1.93. The van der Waals surface area contributed by atoms with Crippen molar-refractivity contribution in [1.29, 1.82) is 0 Å². The van der Waals surface area contributed by atoms with Crippen molar-refractivity contribution in [1.82, 2.24) is 14.6 Å². The lowest BCUT2D eigenvalue weighted by Gasteiger charge is -2.12. The molecule has 0 amide bonds. The summed E-state index contributed by atoms with van der Waals surface area (Å²) in [6, 6.07) is 13.4. The fraction of sp³-hybridized carbons (Fsp3) is 0.182. The van der Waals surface area contributed by atoms with Crippen molar-refractivity contribution < 1.29 is 13.5 Å². The van der Waals surface area contributed by atoms with Crippen LogP contribution >= 0.6 is 0 Å². The minimum atomic E-state index is -0.297. The van der Waals surface area contributed by atoms with Crippen molar-refractivity contribution in [2.75, 3.05) is 7.11 Å². The number of aryl methyl sites for hydroxylation is 2. The van der Waals surface area contributed by atoms with Gasteiger partial charge < -0.3 is 4.74 Å². The third-order valence-electron chi connectivity index (χ3n) is 4.96. The van der Waals surface area contributed by atoms with E-state index in [1.807, 2.05) is 23.5 Å². The summed E-state index contributed by atoms with van der Waals surface area (Å²) < 4.78 is 35.1. The van der Waals surface area contributed by atoms with Gasteiger partial charge in [-0.15, -0.1) is 10.2 Å². The van der Waals surface area contributed by atoms with Gasteiger partial charge in [-0.1, -0.05) is 12.1 Å². The fourth-order valence-corrected chi connectivity index (χ4v) is 3.49. The lowest BCUT2D eigenvalue weighted by molar-refractivity contribution is 0.404. The molecule has 4 rings (SSSR count). The molecule has 0 unspecified atom stereocenters. The van der Waals surface area contributed by atoms with Crippen LogP contribution in [0.5, 0.6) is 5.75 Å². The van der Waals surface area contributed by atoms with Crippen molar-refractivity contribution in [2.24, 2.45) is 0 Å². The Balaban J connectivity index is 1.72. The lowest BCUT2D eigenvalue weighted by Crippen LogP contribution is -2.03. The van der Waals surface area contributed by atoms with E-state index in [2.05, 4.69) is 10.2 Å². The van der Waals surface area contributed by atoms with Crippen LogP contribution in [0.25, 0.3) is 16.8 Å². The van der Waals surface area contributed by atoms with Crippen LogP contribution in [0.1, 0.15) is 16.8 Å². The van der Waals surface area contributed by atoms with E-state index in [0.717, 1.165) is 22.4 Å². The molecule has 0 saturated carbocycles. The van der Waals surface area contributed by atoms with Gasteiger partial charge in [-0.25, -0.2) is 8.78 Å². The van der Waals surface area contributed by atoms with Crippen LogP contribution in [0.15, 0.2) is 54.9 Å². The molecule has 28 heavy (non-hydrogen) atoms. The van der Waals surface area contributed by atoms with E-state index < -0.39 is 0 Å². The predicted molar refractivity (Wildman–Crippen MR) is 103 cm³/mol. The Hall–Kier alpha value is -3.28. The first-order chi connectivity index (χ1) is 13.6. The summed E-state index contributed by atoms with van der Waals surface area (Å²) in [5.41, 5.74) is 4.66. The predicted octanol–water partition coefficient (Wildman–Crippen LogP) is 4.78. The number of ether oxygens (including phenoxy) is 1. The van der Waals surface area contributed by atoms with Gasteiger partial charge in [-0.3, -0.25) is 4.40 Å². The third-order valence-corrected chi connectivity index (χ3v) is 4.96. The van der Waals surface area contributed by atoms with Crippen molar-refractivity contribution in [3.05, 3.63) is 83.3 Å². The van der Waals surface area contributed by atoms with Crippen molar-refractivity contribution in [3.63, 3.8) is 0 Å². The van der Waals surface area contributed by atoms with E-state index in [4.69, 9.17) is 4.74 Å². The number of methoxy groups -OCH3 is 1. The Morgan fingerprint density at radius 2 is 1.86 bits per heavy atom. The largest absolute Gasteiger partial charge is 0.496 e. The molecule has 4 nitrogen and oxygen atoms in total. The number of aromatic nitrogens is 3. The van der Waals surface area contributed by atoms with E-state index in [1.54, 1.807) is 24.5 Å². The first-order valence-corrected chi connectivity index (χ1v) is 8.98. The molecule has 0 radical (unpaired) electrons. The Bertz CT molecular complexity index is 1150. The second kappa shape index (κ2) is 7.38. The first kappa shape index (κ1) is 18.1. The zero-order valence-corrected chi connectivity index (χ0v) is 15.6. The normalized spacial score (nSPS) is 11.1. The molecule has 142 valence electrons. The van der Waals surface area contributed by atoms with Gasteiger partial charge in [0.15, 0.2) is 5.65 Å². The van der Waals surface area contributed by atoms with Crippen LogP contribution in [0.3, 0.4) is 0 Å². The van der Waals surface area contributed by atoms with Gasteiger partial charge >= 0.3 is 0 Å². The molecule has 0 aliphatic rings. The molecule has 0 fully saturated rings. The number of fused-ring (bicyclic) bond motifs is 1. The van der Waals surface area contributed by atoms with Gasteiger partial charge in [0.1, 0.15) is 23.7 Å². The maximum Gasteiger partial charge on any atom is 0.168 e. The quantitative estimate of drug-likeness (QED) is 0.501. The number of pyridine rings is 1. The van der Waals surface area contributed by atoms with Gasteiger partial charge in [0, 0.05) is 16.8 Å². The van der Waals surface area contributed by atoms with E-state index in [0.29, 0.717) is 29.8 Å². The summed E-state index contributed by atoms with van der Waals surface area (Å²) in [6.07, 6.45) is 2.68. The van der Waals surface area contributed by atoms with Crippen LogP contribution in [-0.2, 0) is 12.8 Å². The standard InChI is InChI=1S/C22H19F2N3O/c1-14-6-7-15(23)12-19(14)17-10-8-16(27-13-25-26-22(17)27)9-11-18-20(24)4-3-5-21(18)28-2/h3-8,10,12-13H,9,11H2,1-2H3. The summed E-state index contributed by atoms with van der Waals surface area (Å²) in [7, 11) is 1.53. The molecule has 0 aliphatic carbocycles. The molecule has 0 N–H and O–H groups in total. The molecule has 4 aromatic rings. The Morgan fingerprint density at radius 3 is 2.68 bits per heavy atom. The number of hydrogen-bond acceptors (Lipinski definition) is 3. The highest BCUT2D eigenvalue weighted by Gasteiger charge is 2.14. The molecular weight excluding hydrogens is 360 g/mol. The monoisotopic (exact) mass is 379 g/mol. The van der Waals surface area contributed by atoms with Crippen LogP contribution < -0.4 is 4.74 Å². The van der Waals surface area contributed by atoms with Crippen LogP contribution in [0.4, 0.5) is 8.78 Å². The molecule has 2 aromatic heterocycles. The molecule has 2 aromatic carbocycles. The summed E-state index contributed by atoms with van der Waals surface area (Å²) in [5, 5.41) is 8.25. The maximum absolute atomic E-state index is 14.2. The van der Waals surface area contributed by atoms with Gasteiger partial charge in [-0.05, 0) is 67.3 Å². The number of halogens is 2. The maximum atomic E-state index is 14.2. The van der Waals surface area contributed by atoms with Crippen LogP contribution in [0.2, 0.25) is 0 Å². The van der Waals surface area contributed by atoms with Gasteiger partial charge in [-0.2, -0.15) is 0 Å². The molecule has 0 saturated heterocycles. The fourth-order valence-electron chi connectivity index (χ4n) is 3.49. The molecule has 0 aliphatic heterocycles. The van der Waals surface area contributed by atoms with Crippen LogP contribution in [-0.4, -0.2) is 21.7 Å². The highest BCUT2D eigenvalue weighted by Crippen LogP contribution is 2.29. The lowest BCUT2D eigenvalue weighted by atomic mass is 10.00. The average molecular weight is 379 g/mol. The molecule has 0 spiro atoms. The molecule has 2 heterocycles. The molecular formula is C22H19F2N3O.